The van der Waals surface area contributed by atoms with Gasteiger partial charge in [-0.05, 0) is 35.2 Å². The summed E-state index contributed by atoms with van der Waals surface area (Å²) in [6.07, 6.45) is 0.153. The van der Waals surface area contributed by atoms with E-state index in [4.69, 9.17) is 9.47 Å². The van der Waals surface area contributed by atoms with Gasteiger partial charge >= 0.3 is 0 Å². The Kier molecular flexibility index (Phi) is 6.29. The molecule has 0 aliphatic carbocycles. The Balaban J connectivity index is 1.77. The highest BCUT2D eigenvalue weighted by Gasteiger charge is 2.12. The zero-order chi connectivity index (χ0) is 18.2. The minimum absolute atomic E-state index is 0.453. The van der Waals surface area contributed by atoms with Crippen molar-refractivity contribution in [3.8, 4) is 11.5 Å². The predicted molar refractivity (Wildman–Crippen MR) is 103 cm³/mol. The Morgan fingerprint density at radius 3 is 1.81 bits per heavy atom. The monoisotopic (exact) mass is 348 g/mol. The third kappa shape index (κ3) is 4.87. The van der Waals surface area contributed by atoms with Gasteiger partial charge in [-0.1, -0.05) is 73.7 Å². The van der Waals surface area contributed by atoms with Crippen molar-refractivity contribution in [2.45, 2.75) is 32.7 Å². The van der Waals surface area contributed by atoms with E-state index in [-0.39, 0.29) is 0 Å². The van der Waals surface area contributed by atoms with Crippen LogP contribution >= 0.6 is 0 Å². The van der Waals surface area contributed by atoms with Gasteiger partial charge in [0.05, 0.1) is 6.10 Å². The van der Waals surface area contributed by atoms with Crippen LogP contribution in [0, 0.1) is 0 Å². The summed E-state index contributed by atoms with van der Waals surface area (Å²) in [5.74, 6) is 1.33. The molecule has 3 nitrogen and oxygen atoms in total. The molecule has 0 radical (unpaired) electrons. The van der Waals surface area contributed by atoms with Crippen molar-refractivity contribution in [3.63, 3.8) is 0 Å². The molecule has 134 valence electrons. The molecule has 0 aromatic heterocycles. The van der Waals surface area contributed by atoms with Crippen LogP contribution in [-0.2, 0) is 13.2 Å². The second-order valence-corrected chi connectivity index (χ2v) is 6.18. The number of hydrogen-bond donors (Lipinski definition) is 1. The van der Waals surface area contributed by atoms with Crippen LogP contribution in [-0.4, -0.2) is 5.11 Å². The molecular weight excluding hydrogens is 324 g/mol. The van der Waals surface area contributed by atoms with Crippen LogP contribution in [0.1, 0.15) is 36.1 Å². The second-order valence-electron chi connectivity index (χ2n) is 6.18. The number of rotatable bonds is 8. The smallest absolute Gasteiger partial charge is 0.162 e. The van der Waals surface area contributed by atoms with Crippen molar-refractivity contribution in [2.24, 2.45) is 0 Å². The lowest BCUT2D eigenvalue weighted by atomic mass is 10.1. The summed E-state index contributed by atoms with van der Waals surface area (Å²) in [6.45, 7) is 2.88. The van der Waals surface area contributed by atoms with E-state index in [9.17, 15) is 5.11 Å². The molecule has 0 spiro atoms. The van der Waals surface area contributed by atoms with Crippen molar-refractivity contribution in [2.75, 3.05) is 0 Å². The molecule has 0 heterocycles. The van der Waals surface area contributed by atoms with Gasteiger partial charge in [-0.25, -0.2) is 0 Å². The van der Waals surface area contributed by atoms with Gasteiger partial charge in [0, 0.05) is 0 Å². The molecule has 3 aromatic carbocycles. The molecule has 3 heteroatoms. The predicted octanol–water partition coefficient (Wildman–Crippen LogP) is 5.29. The van der Waals surface area contributed by atoms with Crippen molar-refractivity contribution in [3.05, 3.63) is 95.6 Å². The number of ether oxygens (including phenoxy) is 2. The number of aliphatic hydroxyl groups is 1. The molecule has 0 saturated carbocycles. The molecule has 1 N–H and O–H groups in total. The summed E-state index contributed by atoms with van der Waals surface area (Å²) in [6, 6.07) is 25.7. The highest BCUT2D eigenvalue weighted by Crippen LogP contribution is 2.32. The van der Waals surface area contributed by atoms with Crippen LogP contribution in [0.2, 0.25) is 0 Å². The Labute approximate surface area is 154 Å². The van der Waals surface area contributed by atoms with Gasteiger partial charge in [0.2, 0.25) is 0 Å². The maximum absolute atomic E-state index is 10.1. The van der Waals surface area contributed by atoms with Crippen LogP contribution in [0.15, 0.2) is 78.9 Å². The van der Waals surface area contributed by atoms with Gasteiger partial charge in [-0.2, -0.15) is 0 Å². The lowest BCUT2D eigenvalue weighted by molar-refractivity contribution is 0.172. The Morgan fingerprint density at radius 1 is 0.731 bits per heavy atom. The van der Waals surface area contributed by atoms with Crippen molar-refractivity contribution >= 4 is 0 Å². The third-order valence-electron chi connectivity index (χ3n) is 4.21. The molecule has 0 aliphatic heterocycles. The summed E-state index contributed by atoms with van der Waals surface area (Å²) in [5, 5.41) is 10.1. The first-order chi connectivity index (χ1) is 12.8. The minimum atomic E-state index is -0.503. The quantitative estimate of drug-likeness (QED) is 0.601. The molecule has 1 atom stereocenters. The third-order valence-corrected chi connectivity index (χ3v) is 4.21. The lowest BCUT2D eigenvalue weighted by Gasteiger charge is -2.16. The van der Waals surface area contributed by atoms with Crippen LogP contribution in [0.5, 0.6) is 11.5 Å². The SMILES string of the molecule is CC[C@H](O)c1ccc(OCc2ccccc2)c(OCc2ccccc2)c1. The lowest BCUT2D eigenvalue weighted by Crippen LogP contribution is -2.03. The van der Waals surface area contributed by atoms with Crippen LogP contribution in [0.25, 0.3) is 0 Å². The van der Waals surface area contributed by atoms with E-state index in [2.05, 4.69) is 0 Å². The van der Waals surface area contributed by atoms with E-state index in [0.29, 0.717) is 31.1 Å². The topological polar surface area (TPSA) is 38.7 Å². The van der Waals surface area contributed by atoms with Gasteiger partial charge in [-0.3, -0.25) is 0 Å². The van der Waals surface area contributed by atoms with Crippen molar-refractivity contribution in [1.82, 2.24) is 0 Å². The zero-order valence-corrected chi connectivity index (χ0v) is 15.0. The Hall–Kier alpha value is -2.78. The summed E-state index contributed by atoms with van der Waals surface area (Å²) in [5.41, 5.74) is 3.02. The average molecular weight is 348 g/mol. The number of benzene rings is 3. The van der Waals surface area contributed by atoms with E-state index in [1.807, 2.05) is 85.8 Å². The first kappa shape index (κ1) is 18.0. The zero-order valence-electron chi connectivity index (χ0n) is 15.0. The molecule has 0 saturated heterocycles. The molecule has 0 aliphatic rings. The maximum Gasteiger partial charge on any atom is 0.162 e. The van der Waals surface area contributed by atoms with E-state index in [1.165, 1.54) is 0 Å². The Morgan fingerprint density at radius 2 is 1.27 bits per heavy atom. The van der Waals surface area contributed by atoms with E-state index in [0.717, 1.165) is 16.7 Å². The Bertz CT molecular complexity index is 800. The molecule has 26 heavy (non-hydrogen) atoms. The fraction of sp³-hybridized carbons (Fsp3) is 0.217. The largest absolute Gasteiger partial charge is 0.485 e. The summed E-state index contributed by atoms with van der Waals surface area (Å²) >= 11 is 0. The van der Waals surface area contributed by atoms with Gasteiger partial charge in [0.25, 0.3) is 0 Å². The van der Waals surface area contributed by atoms with Crippen LogP contribution in [0.4, 0.5) is 0 Å². The molecule has 0 bridgehead atoms. The number of hydrogen-bond acceptors (Lipinski definition) is 3. The molecule has 0 fully saturated rings. The van der Waals surface area contributed by atoms with E-state index >= 15 is 0 Å². The molecular formula is C23H24O3. The summed E-state index contributed by atoms with van der Waals surface area (Å²) in [7, 11) is 0. The molecule has 3 rings (SSSR count). The first-order valence-corrected chi connectivity index (χ1v) is 8.91. The summed E-state index contributed by atoms with van der Waals surface area (Å²) in [4.78, 5) is 0. The van der Waals surface area contributed by atoms with Crippen molar-refractivity contribution < 1.29 is 14.6 Å². The normalized spacial score (nSPS) is 11.8. The molecule has 0 unspecified atom stereocenters. The van der Waals surface area contributed by atoms with Gasteiger partial charge in [0.15, 0.2) is 11.5 Å². The second kappa shape index (κ2) is 9.07. The number of aliphatic hydroxyl groups excluding tert-OH is 1. The van der Waals surface area contributed by atoms with E-state index in [1.54, 1.807) is 0 Å². The van der Waals surface area contributed by atoms with Crippen LogP contribution < -0.4 is 9.47 Å². The highest BCUT2D eigenvalue weighted by atomic mass is 16.5. The standard InChI is InChI=1S/C23H24O3/c1-2-21(24)20-13-14-22(25-16-18-9-5-3-6-10-18)23(15-20)26-17-19-11-7-4-8-12-19/h3-15,21,24H,2,16-17H2,1H3/t21-/m0/s1. The fourth-order valence-corrected chi connectivity index (χ4v) is 2.67. The molecule has 3 aromatic rings. The van der Waals surface area contributed by atoms with Gasteiger partial charge < -0.3 is 14.6 Å². The van der Waals surface area contributed by atoms with Gasteiger partial charge in [0.1, 0.15) is 13.2 Å². The molecule has 0 amide bonds. The first-order valence-electron chi connectivity index (χ1n) is 8.91. The van der Waals surface area contributed by atoms with Crippen molar-refractivity contribution in [1.29, 1.82) is 0 Å². The maximum atomic E-state index is 10.1. The summed E-state index contributed by atoms with van der Waals surface area (Å²) < 4.78 is 12.0. The minimum Gasteiger partial charge on any atom is -0.485 e. The highest BCUT2D eigenvalue weighted by molar-refractivity contribution is 5.44. The van der Waals surface area contributed by atoms with E-state index < -0.39 is 6.10 Å². The average Bonchev–Trinajstić information content (AvgIpc) is 2.72. The van der Waals surface area contributed by atoms with Gasteiger partial charge in [-0.15, -0.1) is 0 Å². The van der Waals surface area contributed by atoms with Crippen LogP contribution in [0.3, 0.4) is 0 Å². The fourth-order valence-electron chi connectivity index (χ4n) is 2.67.